The molecule has 0 bridgehead atoms. The van der Waals surface area contributed by atoms with Crippen molar-refractivity contribution in [2.75, 3.05) is 10.2 Å². The molecule has 35 heavy (non-hydrogen) atoms. The van der Waals surface area contributed by atoms with Gasteiger partial charge in [-0.25, -0.2) is 0 Å². The van der Waals surface area contributed by atoms with Gasteiger partial charge in [-0.2, -0.15) is 5.26 Å². The molecule has 1 N–H and O–H groups in total. The van der Waals surface area contributed by atoms with Gasteiger partial charge in [0, 0.05) is 15.7 Å². The summed E-state index contributed by atoms with van der Waals surface area (Å²) in [5.41, 5.74) is 3.52. The Labute approximate surface area is 218 Å². The van der Waals surface area contributed by atoms with Crippen molar-refractivity contribution in [2.45, 2.75) is 25.5 Å². The van der Waals surface area contributed by atoms with Crippen LogP contribution in [-0.2, 0) is 16.0 Å². The van der Waals surface area contributed by atoms with Crippen molar-refractivity contribution in [3.63, 3.8) is 0 Å². The van der Waals surface area contributed by atoms with Crippen LogP contribution in [-0.4, -0.2) is 17.1 Å². The number of benzene rings is 3. The quantitative estimate of drug-likeness (QED) is 0.300. The SMILES string of the molecule is Cc1ccccc1NC(=O)/C(C#N)=C1\S[C@H](Cc2cc(Cl)ccc2Cl)C(=O)N1c1ccccc1C. The van der Waals surface area contributed by atoms with Crippen LogP contribution >= 0.6 is 35.0 Å². The third kappa shape index (κ3) is 5.23. The van der Waals surface area contributed by atoms with E-state index in [0.717, 1.165) is 16.7 Å². The highest BCUT2D eigenvalue weighted by Crippen LogP contribution is 2.43. The molecule has 1 atom stereocenters. The smallest absolute Gasteiger partial charge is 0.269 e. The number of para-hydroxylation sites is 2. The van der Waals surface area contributed by atoms with E-state index in [-0.39, 0.29) is 11.5 Å². The van der Waals surface area contributed by atoms with E-state index in [9.17, 15) is 14.9 Å². The van der Waals surface area contributed by atoms with Crippen molar-refractivity contribution in [2.24, 2.45) is 0 Å². The minimum absolute atomic E-state index is 0.130. The molecular formula is C27H21Cl2N3O2S. The van der Waals surface area contributed by atoms with Crippen LogP contribution in [0.15, 0.2) is 77.3 Å². The van der Waals surface area contributed by atoms with Crippen molar-refractivity contribution in [3.8, 4) is 6.07 Å². The van der Waals surface area contributed by atoms with Gasteiger partial charge in [-0.3, -0.25) is 14.5 Å². The minimum atomic E-state index is -0.588. The Kier molecular flexibility index (Phi) is 7.51. The number of amides is 2. The molecule has 1 aliphatic rings. The van der Waals surface area contributed by atoms with Gasteiger partial charge in [0.05, 0.1) is 10.9 Å². The van der Waals surface area contributed by atoms with Crippen molar-refractivity contribution in [1.29, 1.82) is 5.26 Å². The molecule has 1 aliphatic heterocycles. The van der Waals surface area contributed by atoms with Crippen LogP contribution in [0, 0.1) is 25.2 Å². The maximum absolute atomic E-state index is 13.7. The molecule has 4 rings (SSSR count). The topological polar surface area (TPSA) is 73.2 Å². The van der Waals surface area contributed by atoms with Crippen LogP contribution in [0.4, 0.5) is 11.4 Å². The summed E-state index contributed by atoms with van der Waals surface area (Å²) in [4.78, 5) is 28.4. The van der Waals surface area contributed by atoms with Crippen molar-refractivity contribution >= 4 is 58.2 Å². The first-order chi connectivity index (χ1) is 16.8. The van der Waals surface area contributed by atoms with E-state index in [4.69, 9.17) is 23.2 Å². The third-order valence-electron chi connectivity index (χ3n) is 5.67. The molecule has 0 saturated carbocycles. The number of carbonyl (C=O) groups excluding carboxylic acids is 2. The zero-order chi connectivity index (χ0) is 25.1. The Hall–Kier alpha value is -3.24. The van der Waals surface area contributed by atoms with E-state index in [1.54, 1.807) is 36.4 Å². The minimum Gasteiger partial charge on any atom is -0.321 e. The number of halogens is 2. The van der Waals surface area contributed by atoms with E-state index in [1.807, 2.05) is 50.2 Å². The molecule has 8 heteroatoms. The summed E-state index contributed by atoms with van der Waals surface area (Å²) in [6, 6.07) is 21.8. The zero-order valence-electron chi connectivity index (χ0n) is 19.0. The molecular weight excluding hydrogens is 501 g/mol. The van der Waals surface area contributed by atoms with E-state index >= 15 is 0 Å². The Morgan fingerprint density at radius 3 is 2.43 bits per heavy atom. The average molecular weight is 522 g/mol. The first-order valence-corrected chi connectivity index (χ1v) is 12.4. The van der Waals surface area contributed by atoms with Crippen LogP contribution < -0.4 is 10.2 Å². The number of nitriles is 1. The Morgan fingerprint density at radius 1 is 1.06 bits per heavy atom. The van der Waals surface area contributed by atoms with Gasteiger partial charge < -0.3 is 5.32 Å². The number of anilines is 2. The molecule has 0 unspecified atom stereocenters. The van der Waals surface area contributed by atoms with Gasteiger partial charge in [0.15, 0.2) is 0 Å². The number of rotatable bonds is 5. The van der Waals surface area contributed by atoms with Gasteiger partial charge in [0.1, 0.15) is 16.7 Å². The first kappa shape index (κ1) is 24.9. The normalized spacial score (nSPS) is 16.7. The van der Waals surface area contributed by atoms with E-state index in [2.05, 4.69) is 5.32 Å². The van der Waals surface area contributed by atoms with Crippen LogP contribution in [0.3, 0.4) is 0 Å². The molecule has 0 aromatic heterocycles. The van der Waals surface area contributed by atoms with Crippen molar-refractivity contribution in [1.82, 2.24) is 0 Å². The fourth-order valence-corrected chi connectivity index (χ4v) is 5.50. The summed E-state index contributed by atoms with van der Waals surface area (Å²) in [7, 11) is 0. The van der Waals surface area contributed by atoms with Gasteiger partial charge in [0.25, 0.3) is 5.91 Å². The molecule has 176 valence electrons. The van der Waals surface area contributed by atoms with Crippen molar-refractivity contribution < 1.29 is 9.59 Å². The van der Waals surface area contributed by atoms with E-state index in [1.165, 1.54) is 16.7 Å². The van der Waals surface area contributed by atoms with Gasteiger partial charge in [-0.15, -0.1) is 0 Å². The first-order valence-electron chi connectivity index (χ1n) is 10.8. The molecule has 1 heterocycles. The number of thioether (sulfide) groups is 1. The van der Waals surface area contributed by atoms with E-state index in [0.29, 0.717) is 32.9 Å². The summed E-state index contributed by atoms with van der Waals surface area (Å²) >= 11 is 13.7. The zero-order valence-corrected chi connectivity index (χ0v) is 21.3. The number of aryl methyl sites for hydroxylation is 2. The standard InChI is InChI=1S/C27H21Cl2N3O2S/c1-16-7-3-5-9-22(16)31-25(33)20(15-30)27-32(23-10-6-4-8-17(23)2)26(34)24(35-27)14-18-13-19(28)11-12-21(18)29/h3-13,24H,14H2,1-2H3,(H,31,33)/b27-20-/t24-/m1/s1. The number of nitrogens with one attached hydrogen (secondary N) is 1. The number of hydrogen-bond donors (Lipinski definition) is 1. The van der Waals surface area contributed by atoms with Crippen molar-refractivity contribution in [3.05, 3.63) is 104 Å². The fourth-order valence-electron chi connectivity index (χ4n) is 3.82. The monoisotopic (exact) mass is 521 g/mol. The summed E-state index contributed by atoms with van der Waals surface area (Å²) in [6.45, 7) is 3.75. The van der Waals surface area contributed by atoms with Gasteiger partial charge in [-0.05, 0) is 67.3 Å². The molecule has 3 aromatic rings. The fraction of sp³-hybridized carbons (Fsp3) is 0.148. The highest BCUT2D eigenvalue weighted by molar-refractivity contribution is 8.05. The summed E-state index contributed by atoms with van der Waals surface area (Å²) in [5.74, 6) is -0.802. The lowest BCUT2D eigenvalue weighted by Crippen LogP contribution is -2.31. The maximum Gasteiger partial charge on any atom is 0.269 e. The predicted molar refractivity (Wildman–Crippen MR) is 143 cm³/mol. The Morgan fingerprint density at radius 2 is 1.74 bits per heavy atom. The van der Waals surface area contributed by atoms with Gasteiger partial charge in [0.2, 0.25) is 5.91 Å². The molecule has 2 amide bonds. The summed E-state index contributed by atoms with van der Waals surface area (Å²) < 4.78 is 0. The molecule has 0 aliphatic carbocycles. The van der Waals surface area contributed by atoms with Crippen LogP contribution in [0.2, 0.25) is 10.0 Å². The molecule has 3 aromatic carbocycles. The second kappa shape index (κ2) is 10.6. The number of hydrogen-bond acceptors (Lipinski definition) is 4. The maximum atomic E-state index is 13.7. The van der Waals surface area contributed by atoms with Gasteiger partial charge in [-0.1, -0.05) is 71.4 Å². The summed E-state index contributed by atoms with van der Waals surface area (Å²) in [6.07, 6.45) is 0.299. The second-order valence-electron chi connectivity index (χ2n) is 8.07. The molecule has 1 fully saturated rings. The Bertz CT molecular complexity index is 1400. The van der Waals surface area contributed by atoms with Crippen LogP contribution in [0.25, 0.3) is 0 Å². The largest absolute Gasteiger partial charge is 0.321 e. The second-order valence-corrected chi connectivity index (χ2v) is 10.1. The molecule has 5 nitrogen and oxygen atoms in total. The Balaban J connectivity index is 1.77. The average Bonchev–Trinajstić information content (AvgIpc) is 3.14. The lowest BCUT2D eigenvalue weighted by Gasteiger charge is -2.21. The molecule has 0 spiro atoms. The van der Waals surface area contributed by atoms with Crippen LogP contribution in [0.5, 0.6) is 0 Å². The molecule has 1 saturated heterocycles. The number of nitrogens with zero attached hydrogens (tertiary/aromatic N) is 2. The third-order valence-corrected chi connectivity index (χ3v) is 7.53. The molecule has 0 radical (unpaired) electrons. The predicted octanol–water partition coefficient (Wildman–Crippen LogP) is 6.68. The highest BCUT2D eigenvalue weighted by Gasteiger charge is 2.41. The van der Waals surface area contributed by atoms with Crippen LogP contribution in [0.1, 0.15) is 16.7 Å². The highest BCUT2D eigenvalue weighted by atomic mass is 35.5. The number of carbonyl (C=O) groups is 2. The lowest BCUT2D eigenvalue weighted by molar-refractivity contribution is -0.117. The summed E-state index contributed by atoms with van der Waals surface area (Å²) in [5, 5.41) is 13.6. The van der Waals surface area contributed by atoms with Gasteiger partial charge >= 0.3 is 0 Å². The van der Waals surface area contributed by atoms with E-state index < -0.39 is 11.2 Å². The lowest BCUT2D eigenvalue weighted by atomic mass is 10.1.